The first kappa shape index (κ1) is 13.6. The molecule has 1 aromatic carbocycles. The van der Waals surface area contributed by atoms with Crippen LogP contribution in [0.2, 0.25) is 0 Å². The summed E-state index contributed by atoms with van der Waals surface area (Å²) in [7, 11) is 0. The lowest BCUT2D eigenvalue weighted by molar-refractivity contribution is -0.122. The third-order valence-corrected chi connectivity index (χ3v) is 4.75. The highest BCUT2D eigenvalue weighted by molar-refractivity contribution is 5.76. The molecule has 2 aliphatic rings. The molecule has 0 bridgehead atoms. The lowest BCUT2D eigenvalue weighted by atomic mass is 9.85. The summed E-state index contributed by atoms with van der Waals surface area (Å²) in [5.74, 6) is 0.811. The van der Waals surface area contributed by atoms with Crippen molar-refractivity contribution in [1.29, 1.82) is 0 Å². The molecule has 2 aliphatic carbocycles. The molecule has 3 N–H and O–H groups in total. The Bertz CT molecular complexity index is 456. The maximum absolute atomic E-state index is 11.1. The van der Waals surface area contributed by atoms with Crippen LogP contribution in [0.4, 0.5) is 0 Å². The van der Waals surface area contributed by atoms with Gasteiger partial charge in [-0.15, -0.1) is 0 Å². The summed E-state index contributed by atoms with van der Waals surface area (Å²) in [5.41, 5.74) is 8.21. The van der Waals surface area contributed by atoms with E-state index in [9.17, 15) is 4.79 Å². The van der Waals surface area contributed by atoms with Crippen LogP contribution in [0.15, 0.2) is 24.3 Å². The Morgan fingerprint density at radius 2 is 1.70 bits per heavy atom. The molecule has 0 radical (unpaired) electrons. The molecule has 20 heavy (non-hydrogen) atoms. The van der Waals surface area contributed by atoms with Crippen molar-refractivity contribution in [1.82, 2.24) is 5.32 Å². The highest BCUT2D eigenvalue weighted by Crippen LogP contribution is 2.39. The maximum atomic E-state index is 11.1. The minimum absolute atomic E-state index is 0.103. The quantitative estimate of drug-likeness (QED) is 0.866. The van der Waals surface area contributed by atoms with E-state index < -0.39 is 0 Å². The van der Waals surface area contributed by atoms with E-state index in [0.717, 1.165) is 38.1 Å². The Labute approximate surface area is 120 Å². The van der Waals surface area contributed by atoms with Crippen LogP contribution in [0.1, 0.15) is 55.6 Å². The van der Waals surface area contributed by atoms with Gasteiger partial charge in [0.2, 0.25) is 5.91 Å². The van der Waals surface area contributed by atoms with Gasteiger partial charge in [-0.1, -0.05) is 24.3 Å². The van der Waals surface area contributed by atoms with Gasteiger partial charge in [-0.2, -0.15) is 0 Å². The number of amides is 1. The topological polar surface area (TPSA) is 55.1 Å². The van der Waals surface area contributed by atoms with Gasteiger partial charge in [-0.25, -0.2) is 0 Å². The molecular weight excluding hydrogens is 248 g/mol. The SMILES string of the molecule is NC(=O)C1CCC(NCc2ccc(C3CC3)cc2)CC1. The van der Waals surface area contributed by atoms with Crippen molar-refractivity contribution in [2.75, 3.05) is 0 Å². The zero-order valence-corrected chi connectivity index (χ0v) is 12.0. The fourth-order valence-electron chi connectivity index (χ4n) is 3.17. The van der Waals surface area contributed by atoms with Gasteiger partial charge in [-0.3, -0.25) is 4.79 Å². The minimum Gasteiger partial charge on any atom is -0.369 e. The van der Waals surface area contributed by atoms with Crippen LogP contribution in [0.25, 0.3) is 0 Å². The molecule has 0 saturated heterocycles. The number of benzene rings is 1. The van der Waals surface area contributed by atoms with Gasteiger partial charge >= 0.3 is 0 Å². The molecule has 108 valence electrons. The molecular formula is C17H24N2O. The number of nitrogens with two attached hydrogens (primary N) is 1. The van der Waals surface area contributed by atoms with Gasteiger partial charge in [0.15, 0.2) is 0 Å². The number of primary amides is 1. The van der Waals surface area contributed by atoms with E-state index in [0.29, 0.717) is 6.04 Å². The van der Waals surface area contributed by atoms with Gasteiger partial charge in [0, 0.05) is 18.5 Å². The highest BCUT2D eigenvalue weighted by atomic mass is 16.1. The summed E-state index contributed by atoms with van der Waals surface area (Å²) >= 11 is 0. The molecule has 2 saturated carbocycles. The van der Waals surface area contributed by atoms with Gasteiger partial charge in [-0.05, 0) is 55.6 Å². The smallest absolute Gasteiger partial charge is 0.220 e. The summed E-state index contributed by atoms with van der Waals surface area (Å²) in [6, 6.07) is 9.58. The van der Waals surface area contributed by atoms with Crippen LogP contribution in [0.5, 0.6) is 0 Å². The Kier molecular flexibility index (Phi) is 4.06. The summed E-state index contributed by atoms with van der Waals surface area (Å²) in [6.07, 6.45) is 6.73. The summed E-state index contributed by atoms with van der Waals surface area (Å²) in [6.45, 7) is 0.927. The maximum Gasteiger partial charge on any atom is 0.220 e. The van der Waals surface area contributed by atoms with Crippen molar-refractivity contribution < 1.29 is 4.79 Å². The Hall–Kier alpha value is -1.35. The second-order valence-electron chi connectivity index (χ2n) is 6.35. The van der Waals surface area contributed by atoms with E-state index in [1.54, 1.807) is 0 Å². The molecule has 1 amide bonds. The third-order valence-electron chi connectivity index (χ3n) is 4.75. The van der Waals surface area contributed by atoms with Crippen LogP contribution < -0.4 is 11.1 Å². The predicted molar refractivity (Wildman–Crippen MR) is 80.2 cm³/mol. The zero-order valence-electron chi connectivity index (χ0n) is 12.0. The normalized spacial score (nSPS) is 26.4. The van der Waals surface area contributed by atoms with E-state index in [4.69, 9.17) is 5.73 Å². The molecule has 2 fully saturated rings. The molecule has 3 rings (SSSR count). The summed E-state index contributed by atoms with van der Waals surface area (Å²) in [4.78, 5) is 11.1. The van der Waals surface area contributed by atoms with Crippen molar-refractivity contribution in [3.05, 3.63) is 35.4 Å². The second-order valence-corrected chi connectivity index (χ2v) is 6.35. The molecule has 0 unspecified atom stereocenters. The predicted octanol–water partition coefficient (Wildman–Crippen LogP) is 2.70. The molecule has 3 heteroatoms. The fourth-order valence-corrected chi connectivity index (χ4v) is 3.17. The van der Waals surface area contributed by atoms with E-state index in [1.807, 2.05) is 0 Å². The monoisotopic (exact) mass is 272 g/mol. The largest absolute Gasteiger partial charge is 0.369 e. The molecule has 0 atom stereocenters. The first-order chi connectivity index (χ1) is 9.72. The highest BCUT2D eigenvalue weighted by Gasteiger charge is 2.24. The molecule has 3 nitrogen and oxygen atoms in total. The van der Waals surface area contributed by atoms with Crippen LogP contribution in [0, 0.1) is 5.92 Å². The van der Waals surface area contributed by atoms with E-state index in [-0.39, 0.29) is 11.8 Å². The number of hydrogen-bond acceptors (Lipinski definition) is 2. The van der Waals surface area contributed by atoms with Gasteiger partial charge in [0.25, 0.3) is 0 Å². The van der Waals surface area contributed by atoms with Crippen LogP contribution in [0.3, 0.4) is 0 Å². The fraction of sp³-hybridized carbons (Fsp3) is 0.588. The lowest BCUT2D eigenvalue weighted by Gasteiger charge is -2.27. The van der Waals surface area contributed by atoms with Crippen LogP contribution >= 0.6 is 0 Å². The Balaban J connectivity index is 1.44. The van der Waals surface area contributed by atoms with Crippen molar-refractivity contribution in [3.8, 4) is 0 Å². The van der Waals surface area contributed by atoms with Gasteiger partial charge in [0.05, 0.1) is 0 Å². The zero-order chi connectivity index (χ0) is 13.9. The van der Waals surface area contributed by atoms with E-state index in [2.05, 4.69) is 29.6 Å². The Morgan fingerprint density at radius 3 is 2.25 bits per heavy atom. The molecule has 0 aromatic heterocycles. The van der Waals surface area contributed by atoms with Gasteiger partial charge < -0.3 is 11.1 Å². The third kappa shape index (κ3) is 3.40. The van der Waals surface area contributed by atoms with Crippen LogP contribution in [-0.2, 0) is 11.3 Å². The molecule has 0 heterocycles. The average Bonchev–Trinajstić information content (AvgIpc) is 3.31. The summed E-state index contributed by atoms with van der Waals surface area (Å²) < 4.78 is 0. The molecule has 0 spiro atoms. The molecule has 0 aliphatic heterocycles. The Morgan fingerprint density at radius 1 is 1.05 bits per heavy atom. The summed E-state index contributed by atoms with van der Waals surface area (Å²) in [5, 5.41) is 3.61. The van der Waals surface area contributed by atoms with Crippen molar-refractivity contribution in [2.45, 2.75) is 57.0 Å². The second kappa shape index (κ2) is 5.96. The van der Waals surface area contributed by atoms with E-state index >= 15 is 0 Å². The first-order valence-electron chi connectivity index (χ1n) is 7.84. The van der Waals surface area contributed by atoms with Crippen molar-refractivity contribution >= 4 is 5.91 Å². The van der Waals surface area contributed by atoms with Crippen molar-refractivity contribution in [3.63, 3.8) is 0 Å². The van der Waals surface area contributed by atoms with Gasteiger partial charge in [0.1, 0.15) is 0 Å². The molecule has 1 aromatic rings. The standard InChI is InChI=1S/C17H24N2O/c18-17(20)15-7-9-16(10-8-15)19-11-12-1-3-13(4-2-12)14-5-6-14/h1-4,14-16,19H,5-11H2,(H2,18,20). The number of carbonyl (C=O) groups excluding carboxylic acids is 1. The first-order valence-corrected chi connectivity index (χ1v) is 7.84. The van der Waals surface area contributed by atoms with Crippen LogP contribution in [-0.4, -0.2) is 11.9 Å². The average molecular weight is 272 g/mol. The number of rotatable bonds is 5. The van der Waals surface area contributed by atoms with Crippen molar-refractivity contribution in [2.24, 2.45) is 11.7 Å². The number of hydrogen-bond donors (Lipinski definition) is 2. The number of nitrogens with one attached hydrogen (secondary N) is 1. The lowest BCUT2D eigenvalue weighted by Crippen LogP contribution is -2.36. The van der Waals surface area contributed by atoms with E-state index in [1.165, 1.54) is 24.0 Å². The minimum atomic E-state index is -0.126. The number of carbonyl (C=O) groups is 1.